The second kappa shape index (κ2) is 5.43. The minimum absolute atomic E-state index is 0.135. The van der Waals surface area contributed by atoms with Gasteiger partial charge >= 0.3 is 0 Å². The summed E-state index contributed by atoms with van der Waals surface area (Å²) in [7, 11) is 0. The number of H-pyrrole nitrogens is 1. The van der Waals surface area contributed by atoms with E-state index < -0.39 is 0 Å². The van der Waals surface area contributed by atoms with Crippen molar-refractivity contribution in [1.82, 2.24) is 20.1 Å². The van der Waals surface area contributed by atoms with Gasteiger partial charge < -0.3 is 14.9 Å². The molecule has 1 fully saturated rings. The molecule has 1 saturated heterocycles. The highest BCUT2D eigenvalue weighted by Gasteiger charge is 2.24. The van der Waals surface area contributed by atoms with Crippen molar-refractivity contribution >= 4 is 11.6 Å². The molecule has 0 unspecified atom stereocenters. The molecule has 1 amide bonds. The maximum Gasteiger partial charge on any atom is 0.293 e. The zero-order chi connectivity index (χ0) is 14.8. The largest absolute Gasteiger partial charge is 0.508 e. The lowest BCUT2D eigenvalue weighted by Gasteiger charge is -2.35. The maximum absolute atomic E-state index is 12.2. The van der Waals surface area contributed by atoms with Gasteiger partial charge in [0.05, 0.1) is 0 Å². The van der Waals surface area contributed by atoms with E-state index in [2.05, 4.69) is 20.1 Å². The first-order valence-electron chi connectivity index (χ1n) is 6.86. The van der Waals surface area contributed by atoms with Gasteiger partial charge in [0.2, 0.25) is 5.82 Å². The molecule has 0 atom stereocenters. The summed E-state index contributed by atoms with van der Waals surface area (Å²) in [5.41, 5.74) is 1.05. The van der Waals surface area contributed by atoms with E-state index in [1.54, 1.807) is 24.0 Å². The molecule has 1 aliphatic heterocycles. The molecule has 21 heavy (non-hydrogen) atoms. The number of rotatable bonds is 2. The van der Waals surface area contributed by atoms with Crippen LogP contribution in [0.1, 0.15) is 16.4 Å². The molecule has 2 N–H and O–H groups in total. The Labute approximate surface area is 122 Å². The average molecular weight is 287 g/mol. The van der Waals surface area contributed by atoms with Gasteiger partial charge in [-0.3, -0.25) is 9.89 Å². The third-order valence-corrected chi connectivity index (χ3v) is 3.57. The number of benzene rings is 1. The Balaban J connectivity index is 1.62. The topological polar surface area (TPSA) is 85.3 Å². The number of nitrogens with one attached hydrogen (secondary N) is 1. The summed E-state index contributed by atoms with van der Waals surface area (Å²) >= 11 is 0. The van der Waals surface area contributed by atoms with E-state index >= 15 is 0 Å². The predicted molar refractivity (Wildman–Crippen MR) is 77.3 cm³/mol. The molecule has 0 aliphatic carbocycles. The molecule has 7 heteroatoms. The lowest BCUT2D eigenvalue weighted by Crippen LogP contribution is -2.49. The number of aromatic amines is 1. The summed E-state index contributed by atoms with van der Waals surface area (Å²) in [5.74, 6) is 0.990. The molecular weight excluding hydrogens is 270 g/mol. The first-order chi connectivity index (χ1) is 10.1. The molecule has 0 radical (unpaired) electrons. The van der Waals surface area contributed by atoms with E-state index in [0.717, 1.165) is 18.8 Å². The van der Waals surface area contributed by atoms with E-state index in [1.165, 1.54) is 0 Å². The molecule has 1 aliphatic rings. The van der Waals surface area contributed by atoms with Gasteiger partial charge in [-0.25, -0.2) is 4.98 Å². The molecule has 0 spiro atoms. The van der Waals surface area contributed by atoms with Crippen LogP contribution < -0.4 is 4.90 Å². The van der Waals surface area contributed by atoms with Crippen LogP contribution in [0.4, 0.5) is 5.69 Å². The molecule has 7 nitrogen and oxygen atoms in total. The monoisotopic (exact) mass is 287 g/mol. The van der Waals surface area contributed by atoms with Crippen LogP contribution in [-0.2, 0) is 0 Å². The number of amides is 1. The van der Waals surface area contributed by atoms with E-state index in [1.807, 2.05) is 12.1 Å². The zero-order valence-electron chi connectivity index (χ0n) is 11.8. The minimum Gasteiger partial charge on any atom is -0.508 e. The fourth-order valence-corrected chi connectivity index (χ4v) is 2.41. The number of carbonyl (C=O) groups is 1. The molecule has 1 aromatic carbocycles. The van der Waals surface area contributed by atoms with Crippen LogP contribution in [0, 0.1) is 6.92 Å². The first-order valence-corrected chi connectivity index (χ1v) is 6.86. The number of carbonyl (C=O) groups excluding carboxylic acids is 1. The Morgan fingerprint density at radius 3 is 2.43 bits per heavy atom. The Hall–Kier alpha value is -2.57. The normalized spacial score (nSPS) is 15.3. The van der Waals surface area contributed by atoms with Crippen molar-refractivity contribution in [3.8, 4) is 5.75 Å². The highest BCUT2D eigenvalue weighted by atomic mass is 16.3. The Morgan fingerprint density at radius 2 is 1.86 bits per heavy atom. The minimum atomic E-state index is -0.135. The van der Waals surface area contributed by atoms with Gasteiger partial charge in [0, 0.05) is 31.9 Å². The molecule has 2 aromatic rings. The van der Waals surface area contributed by atoms with Crippen LogP contribution in [-0.4, -0.2) is 57.3 Å². The quantitative estimate of drug-likeness (QED) is 0.852. The SMILES string of the molecule is Cc1nc(C(=O)N2CCN(c3ccc(O)cc3)CC2)n[nH]1. The highest BCUT2D eigenvalue weighted by molar-refractivity contribution is 5.90. The summed E-state index contributed by atoms with van der Waals surface area (Å²) < 4.78 is 0. The Bertz CT molecular complexity index is 629. The van der Waals surface area contributed by atoms with Crippen LogP contribution in [0.15, 0.2) is 24.3 Å². The van der Waals surface area contributed by atoms with Gasteiger partial charge in [0.1, 0.15) is 11.6 Å². The number of nitrogens with zero attached hydrogens (tertiary/aromatic N) is 4. The van der Waals surface area contributed by atoms with Crippen molar-refractivity contribution in [2.45, 2.75) is 6.92 Å². The number of hydrogen-bond donors (Lipinski definition) is 2. The predicted octanol–water partition coefficient (Wildman–Crippen LogP) is 0.781. The fraction of sp³-hybridized carbons (Fsp3) is 0.357. The smallest absolute Gasteiger partial charge is 0.293 e. The Morgan fingerprint density at radius 1 is 1.19 bits per heavy atom. The molecule has 1 aromatic heterocycles. The average Bonchev–Trinajstić information content (AvgIpc) is 2.94. The zero-order valence-corrected chi connectivity index (χ0v) is 11.8. The number of hydrogen-bond acceptors (Lipinski definition) is 5. The summed E-state index contributed by atoms with van der Waals surface area (Å²) in [4.78, 5) is 20.3. The molecule has 0 saturated carbocycles. The summed E-state index contributed by atoms with van der Waals surface area (Å²) in [6, 6.07) is 7.10. The number of piperazine rings is 1. The van der Waals surface area contributed by atoms with Crippen molar-refractivity contribution < 1.29 is 9.90 Å². The van der Waals surface area contributed by atoms with Gasteiger partial charge in [-0.05, 0) is 31.2 Å². The summed E-state index contributed by atoms with van der Waals surface area (Å²) in [5, 5.41) is 15.9. The molecule has 110 valence electrons. The van der Waals surface area contributed by atoms with E-state index in [4.69, 9.17) is 0 Å². The van der Waals surface area contributed by atoms with Crippen molar-refractivity contribution in [3.63, 3.8) is 0 Å². The van der Waals surface area contributed by atoms with Crippen LogP contribution >= 0.6 is 0 Å². The van der Waals surface area contributed by atoms with Gasteiger partial charge in [-0.1, -0.05) is 0 Å². The van der Waals surface area contributed by atoms with Crippen LogP contribution in [0.25, 0.3) is 0 Å². The van der Waals surface area contributed by atoms with Crippen LogP contribution in [0.2, 0.25) is 0 Å². The summed E-state index contributed by atoms with van der Waals surface area (Å²) in [6.45, 7) is 4.53. The van der Waals surface area contributed by atoms with Gasteiger partial charge in [-0.2, -0.15) is 0 Å². The lowest BCUT2D eigenvalue weighted by molar-refractivity contribution is 0.0735. The number of aromatic hydroxyl groups is 1. The number of aromatic nitrogens is 3. The highest BCUT2D eigenvalue weighted by Crippen LogP contribution is 2.20. The second-order valence-corrected chi connectivity index (χ2v) is 5.04. The maximum atomic E-state index is 12.2. The van der Waals surface area contributed by atoms with E-state index in [9.17, 15) is 9.90 Å². The fourth-order valence-electron chi connectivity index (χ4n) is 2.41. The number of phenols is 1. The number of anilines is 1. The van der Waals surface area contributed by atoms with Crippen molar-refractivity contribution in [2.75, 3.05) is 31.1 Å². The van der Waals surface area contributed by atoms with Gasteiger partial charge in [0.25, 0.3) is 5.91 Å². The Kier molecular flexibility index (Phi) is 3.47. The molecule has 2 heterocycles. The van der Waals surface area contributed by atoms with Crippen LogP contribution in [0.3, 0.4) is 0 Å². The summed E-state index contributed by atoms with van der Waals surface area (Å²) in [6.07, 6.45) is 0. The molecule has 3 rings (SSSR count). The lowest BCUT2D eigenvalue weighted by atomic mass is 10.2. The van der Waals surface area contributed by atoms with Crippen LogP contribution in [0.5, 0.6) is 5.75 Å². The third-order valence-electron chi connectivity index (χ3n) is 3.57. The van der Waals surface area contributed by atoms with Crippen molar-refractivity contribution in [3.05, 3.63) is 35.9 Å². The van der Waals surface area contributed by atoms with Gasteiger partial charge in [-0.15, -0.1) is 5.10 Å². The standard InChI is InChI=1S/C14H17N5O2/c1-10-15-13(17-16-10)14(21)19-8-6-18(7-9-19)11-2-4-12(20)5-3-11/h2-5,20H,6-9H2,1H3,(H,15,16,17). The third kappa shape index (κ3) is 2.81. The molecule has 0 bridgehead atoms. The first kappa shape index (κ1) is 13.4. The number of phenolic OH excluding ortho intramolecular Hbond substituents is 1. The van der Waals surface area contributed by atoms with E-state index in [0.29, 0.717) is 18.9 Å². The molecular formula is C14H17N5O2. The number of aryl methyl sites for hydroxylation is 1. The van der Waals surface area contributed by atoms with Crippen molar-refractivity contribution in [2.24, 2.45) is 0 Å². The second-order valence-electron chi connectivity index (χ2n) is 5.04. The van der Waals surface area contributed by atoms with E-state index in [-0.39, 0.29) is 17.5 Å². The van der Waals surface area contributed by atoms with Gasteiger partial charge in [0.15, 0.2) is 0 Å². The van der Waals surface area contributed by atoms with Crippen molar-refractivity contribution in [1.29, 1.82) is 0 Å².